The van der Waals surface area contributed by atoms with E-state index in [0.717, 1.165) is 38.0 Å². The normalized spacial score (nSPS) is 20.2. The Balaban J connectivity index is 0.00000196. The highest BCUT2D eigenvalue weighted by Crippen LogP contribution is 2.34. The first-order chi connectivity index (χ1) is 12.0. The average Bonchev–Trinajstić information content (AvgIpc) is 2.61. The third-order valence-corrected chi connectivity index (χ3v) is 5.36. The van der Waals surface area contributed by atoms with E-state index in [0.29, 0.717) is 0 Å². The molecule has 2 aromatic carbocycles. The molecular formula is C22H27ClN2O. The van der Waals surface area contributed by atoms with Crippen LogP contribution in [-0.4, -0.2) is 29.4 Å². The van der Waals surface area contributed by atoms with Gasteiger partial charge in [-0.25, -0.2) is 0 Å². The predicted molar refractivity (Wildman–Crippen MR) is 111 cm³/mol. The molecule has 1 N–H and O–H groups in total. The Bertz CT molecular complexity index is 850. The first kappa shape index (κ1) is 18.8. The lowest BCUT2D eigenvalue weighted by atomic mass is 9.83. The van der Waals surface area contributed by atoms with E-state index in [9.17, 15) is 4.79 Å². The van der Waals surface area contributed by atoms with Crippen molar-refractivity contribution in [3.8, 4) is 0 Å². The third kappa shape index (κ3) is 3.59. The number of hydrogen-bond donors (Lipinski definition) is 1. The topological polar surface area (TPSA) is 32.3 Å². The number of rotatable bonds is 1. The highest BCUT2D eigenvalue weighted by molar-refractivity contribution is 5.98. The Morgan fingerprint density at radius 1 is 1.08 bits per heavy atom. The number of nitrogens with zero attached hydrogens (tertiary/aromatic N) is 1. The molecule has 0 aromatic heterocycles. The van der Waals surface area contributed by atoms with E-state index < -0.39 is 0 Å². The second-order valence-electron chi connectivity index (χ2n) is 7.94. The van der Waals surface area contributed by atoms with E-state index >= 15 is 0 Å². The van der Waals surface area contributed by atoms with E-state index in [4.69, 9.17) is 0 Å². The predicted octanol–water partition coefficient (Wildman–Crippen LogP) is 4.54. The number of amides is 1. The maximum absolute atomic E-state index is 12.8. The largest absolute Gasteiger partial charge is 0.379 e. The molecule has 1 fully saturated rings. The van der Waals surface area contributed by atoms with E-state index in [-0.39, 0.29) is 23.9 Å². The molecule has 0 radical (unpaired) electrons. The number of likely N-dealkylation sites (tertiary alicyclic amines) is 1. The molecule has 1 amide bonds. The summed E-state index contributed by atoms with van der Waals surface area (Å²) in [5.74, 6) is 0.138. The highest BCUT2D eigenvalue weighted by Gasteiger charge is 2.29. The van der Waals surface area contributed by atoms with Crippen LogP contribution in [0.2, 0.25) is 0 Å². The number of piperidine rings is 1. The number of halogens is 1. The van der Waals surface area contributed by atoms with Gasteiger partial charge in [0, 0.05) is 36.0 Å². The SMILES string of the molecule is CC1(C)Cc2c(ccc3ccccc23)/C(=C/C(=O)N2CCCCC2)N1.Cl. The van der Waals surface area contributed by atoms with Crippen molar-refractivity contribution >= 4 is 34.8 Å². The monoisotopic (exact) mass is 370 g/mol. The maximum Gasteiger partial charge on any atom is 0.248 e. The molecule has 2 heterocycles. The summed E-state index contributed by atoms with van der Waals surface area (Å²) < 4.78 is 0. The molecule has 4 rings (SSSR count). The summed E-state index contributed by atoms with van der Waals surface area (Å²) in [6.45, 7) is 6.18. The Morgan fingerprint density at radius 3 is 2.58 bits per heavy atom. The van der Waals surface area contributed by atoms with Gasteiger partial charge in [0.2, 0.25) is 5.91 Å². The van der Waals surface area contributed by atoms with Crippen molar-refractivity contribution in [1.82, 2.24) is 10.2 Å². The summed E-state index contributed by atoms with van der Waals surface area (Å²) in [6.07, 6.45) is 6.25. The fourth-order valence-corrected chi connectivity index (χ4v) is 4.14. The van der Waals surface area contributed by atoms with Gasteiger partial charge in [0.05, 0.1) is 0 Å². The number of nitrogens with one attached hydrogen (secondary N) is 1. The molecular weight excluding hydrogens is 344 g/mol. The summed E-state index contributed by atoms with van der Waals surface area (Å²) in [5, 5.41) is 6.16. The third-order valence-electron chi connectivity index (χ3n) is 5.36. The minimum atomic E-state index is -0.0643. The molecule has 1 saturated heterocycles. The maximum atomic E-state index is 12.8. The Morgan fingerprint density at radius 2 is 1.81 bits per heavy atom. The highest BCUT2D eigenvalue weighted by atomic mass is 35.5. The van der Waals surface area contributed by atoms with Gasteiger partial charge < -0.3 is 10.2 Å². The van der Waals surface area contributed by atoms with Crippen LogP contribution in [0.3, 0.4) is 0 Å². The zero-order valence-electron chi connectivity index (χ0n) is 15.5. The molecule has 2 aliphatic heterocycles. The van der Waals surface area contributed by atoms with E-state index in [1.165, 1.54) is 28.3 Å². The summed E-state index contributed by atoms with van der Waals surface area (Å²) in [7, 11) is 0. The molecule has 4 heteroatoms. The van der Waals surface area contributed by atoms with Gasteiger partial charge in [-0.05, 0) is 55.9 Å². The van der Waals surface area contributed by atoms with Crippen molar-refractivity contribution in [2.75, 3.05) is 13.1 Å². The molecule has 0 atom stereocenters. The number of fused-ring (bicyclic) bond motifs is 3. The van der Waals surface area contributed by atoms with Crippen molar-refractivity contribution in [3.05, 3.63) is 53.6 Å². The van der Waals surface area contributed by atoms with Crippen LogP contribution in [0.15, 0.2) is 42.5 Å². The molecule has 0 saturated carbocycles. The zero-order valence-corrected chi connectivity index (χ0v) is 16.4. The number of carbonyl (C=O) groups excluding carboxylic acids is 1. The van der Waals surface area contributed by atoms with Crippen molar-refractivity contribution in [2.24, 2.45) is 0 Å². The number of hydrogen-bond acceptors (Lipinski definition) is 2. The fourth-order valence-electron chi connectivity index (χ4n) is 4.14. The van der Waals surface area contributed by atoms with Crippen LogP contribution >= 0.6 is 12.4 Å². The van der Waals surface area contributed by atoms with Crippen LogP contribution in [0.5, 0.6) is 0 Å². The van der Waals surface area contributed by atoms with Crippen LogP contribution in [-0.2, 0) is 11.2 Å². The van der Waals surface area contributed by atoms with Crippen LogP contribution in [0.25, 0.3) is 16.5 Å². The second kappa shape index (κ2) is 7.32. The van der Waals surface area contributed by atoms with Crippen LogP contribution in [0.4, 0.5) is 0 Å². The zero-order chi connectivity index (χ0) is 17.4. The van der Waals surface area contributed by atoms with Crippen molar-refractivity contribution < 1.29 is 4.79 Å². The van der Waals surface area contributed by atoms with Crippen LogP contribution in [0, 0.1) is 0 Å². The van der Waals surface area contributed by atoms with Crippen LogP contribution in [0.1, 0.15) is 44.2 Å². The van der Waals surface area contributed by atoms with Gasteiger partial charge in [0.1, 0.15) is 0 Å². The minimum absolute atomic E-state index is 0. The van der Waals surface area contributed by atoms with Gasteiger partial charge in [-0.2, -0.15) is 0 Å². The number of carbonyl (C=O) groups is 1. The van der Waals surface area contributed by atoms with Crippen LogP contribution < -0.4 is 5.32 Å². The Kier molecular flexibility index (Phi) is 5.29. The van der Waals surface area contributed by atoms with Gasteiger partial charge >= 0.3 is 0 Å². The van der Waals surface area contributed by atoms with Crippen molar-refractivity contribution in [1.29, 1.82) is 0 Å². The Labute approximate surface area is 161 Å². The van der Waals surface area contributed by atoms with Gasteiger partial charge in [-0.1, -0.05) is 36.4 Å². The number of benzene rings is 2. The molecule has 3 nitrogen and oxygen atoms in total. The minimum Gasteiger partial charge on any atom is -0.379 e. The lowest BCUT2D eigenvalue weighted by Crippen LogP contribution is -2.44. The summed E-state index contributed by atoms with van der Waals surface area (Å²) in [6, 6.07) is 12.9. The van der Waals surface area contributed by atoms with E-state index in [1.54, 1.807) is 0 Å². The van der Waals surface area contributed by atoms with Gasteiger partial charge in [0.15, 0.2) is 0 Å². The molecule has 0 aliphatic carbocycles. The van der Waals surface area contributed by atoms with Crippen molar-refractivity contribution in [3.63, 3.8) is 0 Å². The molecule has 26 heavy (non-hydrogen) atoms. The Hall–Kier alpha value is -2.00. The molecule has 0 unspecified atom stereocenters. The van der Waals surface area contributed by atoms with E-state index in [2.05, 4.69) is 55.6 Å². The van der Waals surface area contributed by atoms with E-state index in [1.807, 2.05) is 11.0 Å². The summed E-state index contributed by atoms with van der Waals surface area (Å²) in [5.41, 5.74) is 3.42. The van der Waals surface area contributed by atoms with Crippen molar-refractivity contribution in [2.45, 2.75) is 45.1 Å². The summed E-state index contributed by atoms with van der Waals surface area (Å²) in [4.78, 5) is 14.7. The molecule has 2 aliphatic rings. The standard InChI is InChI=1S/C22H26N2O.ClH/c1-22(2)15-19-17-9-5-4-8-16(17)10-11-18(19)20(23-22)14-21(25)24-12-6-3-7-13-24;/h4-5,8-11,14,23H,3,6-7,12-13,15H2,1-2H3;1H/b20-14-;. The average molecular weight is 371 g/mol. The second-order valence-corrected chi connectivity index (χ2v) is 7.94. The lowest BCUT2D eigenvalue weighted by molar-refractivity contribution is -0.126. The van der Waals surface area contributed by atoms with Gasteiger partial charge in [0.25, 0.3) is 0 Å². The van der Waals surface area contributed by atoms with Gasteiger partial charge in [-0.3, -0.25) is 4.79 Å². The smallest absolute Gasteiger partial charge is 0.248 e. The molecule has 2 aromatic rings. The fraction of sp³-hybridized carbons (Fsp3) is 0.409. The lowest BCUT2D eigenvalue weighted by Gasteiger charge is -2.36. The summed E-state index contributed by atoms with van der Waals surface area (Å²) >= 11 is 0. The first-order valence-corrected chi connectivity index (χ1v) is 9.33. The molecule has 0 spiro atoms. The first-order valence-electron chi connectivity index (χ1n) is 9.33. The molecule has 0 bridgehead atoms. The quantitative estimate of drug-likeness (QED) is 0.747. The molecule has 138 valence electrons. The van der Waals surface area contributed by atoms with Gasteiger partial charge in [-0.15, -0.1) is 12.4 Å².